The van der Waals surface area contributed by atoms with E-state index in [1.54, 1.807) is 0 Å². The Morgan fingerprint density at radius 3 is 2.86 bits per heavy atom. The van der Waals surface area contributed by atoms with E-state index in [4.69, 9.17) is 9.41 Å². The highest BCUT2D eigenvalue weighted by molar-refractivity contribution is 9.10. The first-order valence-electron chi connectivity index (χ1n) is 9.38. The zero-order chi connectivity index (χ0) is 19.3. The number of aromatic nitrogens is 1. The minimum atomic E-state index is -0.0448. The molecule has 0 radical (unpaired) electrons. The summed E-state index contributed by atoms with van der Waals surface area (Å²) in [5.41, 5.74) is 3.26. The zero-order valence-corrected chi connectivity index (χ0v) is 18.1. The number of hydrogen-bond acceptors (Lipinski definition) is 5. The highest BCUT2D eigenvalue weighted by atomic mass is 79.9. The molecule has 0 spiro atoms. The van der Waals surface area contributed by atoms with Gasteiger partial charge in [0.25, 0.3) is 0 Å². The Hall–Kier alpha value is -2.05. The van der Waals surface area contributed by atoms with E-state index in [1.807, 2.05) is 30.1 Å². The number of pyridine rings is 1. The summed E-state index contributed by atoms with van der Waals surface area (Å²) in [5, 5.41) is 1.63. The van der Waals surface area contributed by atoms with Crippen molar-refractivity contribution in [2.45, 2.75) is 31.2 Å². The molecule has 0 aliphatic carbocycles. The van der Waals surface area contributed by atoms with Crippen LogP contribution in [0.5, 0.6) is 0 Å². The first-order chi connectivity index (χ1) is 13.6. The van der Waals surface area contributed by atoms with Gasteiger partial charge in [-0.3, -0.25) is 4.98 Å². The fourth-order valence-corrected chi connectivity index (χ4v) is 5.68. The lowest BCUT2D eigenvalue weighted by Gasteiger charge is -2.25. The van der Waals surface area contributed by atoms with Gasteiger partial charge in [-0.05, 0) is 48.9 Å². The Morgan fingerprint density at radius 1 is 1.18 bits per heavy atom. The molecule has 0 saturated carbocycles. The molecule has 6 heteroatoms. The maximum absolute atomic E-state index is 6.39. The minimum absolute atomic E-state index is 0.0420. The number of aliphatic imine (C=N–C) groups is 1. The predicted octanol–water partition coefficient (Wildman–Crippen LogP) is 6.00. The van der Waals surface area contributed by atoms with Crippen molar-refractivity contribution in [1.29, 1.82) is 0 Å². The van der Waals surface area contributed by atoms with Crippen molar-refractivity contribution < 1.29 is 4.42 Å². The van der Waals surface area contributed by atoms with Crippen LogP contribution in [0.4, 0.5) is 0 Å². The normalized spacial score (nSPS) is 23.8. The summed E-state index contributed by atoms with van der Waals surface area (Å²) in [7, 11) is 0. The third-order valence-electron chi connectivity index (χ3n) is 5.19. The van der Waals surface area contributed by atoms with Crippen LogP contribution < -0.4 is 0 Å². The van der Waals surface area contributed by atoms with Crippen molar-refractivity contribution in [3.05, 3.63) is 76.2 Å². The summed E-state index contributed by atoms with van der Waals surface area (Å²) in [4.78, 5) is 12.0. The van der Waals surface area contributed by atoms with Crippen LogP contribution in [-0.4, -0.2) is 26.8 Å². The SMILES string of the molecule is Cc1ccc(-c2ccc(C3C(c4ccccn4)N=C4SC(C)CN43)o2)c(Br)c1. The molecule has 4 nitrogen and oxygen atoms in total. The number of hydrogen-bond donors (Lipinski definition) is 0. The number of amidine groups is 1. The van der Waals surface area contributed by atoms with E-state index in [-0.39, 0.29) is 12.1 Å². The van der Waals surface area contributed by atoms with Crippen LogP contribution in [0.3, 0.4) is 0 Å². The van der Waals surface area contributed by atoms with E-state index < -0.39 is 0 Å². The third kappa shape index (κ3) is 3.08. The number of furan rings is 1. The van der Waals surface area contributed by atoms with Crippen LogP contribution >= 0.6 is 27.7 Å². The maximum atomic E-state index is 6.39. The van der Waals surface area contributed by atoms with E-state index in [9.17, 15) is 0 Å². The van der Waals surface area contributed by atoms with Gasteiger partial charge in [-0.1, -0.05) is 46.7 Å². The average Bonchev–Trinajstić information content (AvgIpc) is 3.36. The molecule has 0 bridgehead atoms. The lowest BCUT2D eigenvalue weighted by molar-refractivity contribution is 0.277. The van der Waals surface area contributed by atoms with Gasteiger partial charge in [0.2, 0.25) is 0 Å². The van der Waals surface area contributed by atoms with Crippen molar-refractivity contribution in [3.8, 4) is 11.3 Å². The minimum Gasteiger partial charge on any atom is -0.459 e. The molecule has 4 heterocycles. The van der Waals surface area contributed by atoms with Crippen LogP contribution in [0.15, 0.2) is 68.6 Å². The first-order valence-corrected chi connectivity index (χ1v) is 11.1. The molecule has 1 aromatic carbocycles. The molecule has 1 saturated heterocycles. The summed E-state index contributed by atoms with van der Waals surface area (Å²) in [5.74, 6) is 1.81. The third-order valence-corrected chi connectivity index (χ3v) is 6.95. The fraction of sp³-hybridized carbons (Fsp3) is 0.273. The predicted molar refractivity (Wildman–Crippen MR) is 117 cm³/mol. The monoisotopic (exact) mass is 453 g/mol. The highest BCUT2D eigenvalue weighted by Gasteiger charge is 2.45. The second kappa shape index (κ2) is 7.08. The fourth-order valence-electron chi connectivity index (χ4n) is 3.90. The lowest BCUT2D eigenvalue weighted by atomic mass is 10.0. The van der Waals surface area contributed by atoms with Crippen LogP contribution in [0.1, 0.15) is 36.0 Å². The quantitative estimate of drug-likeness (QED) is 0.487. The molecular formula is C22H20BrN3OS. The standard InChI is InChI=1S/C22H20BrN3OS/c1-13-6-7-15(16(23)11-13)18-8-9-19(27-18)21-20(17-5-3-4-10-24-17)25-22-26(21)12-14(2)28-22/h3-11,14,20-21H,12H2,1-2H3. The van der Waals surface area contributed by atoms with Gasteiger partial charge in [0.05, 0.1) is 5.69 Å². The van der Waals surface area contributed by atoms with Crippen molar-refractivity contribution >= 4 is 32.9 Å². The molecule has 2 aromatic heterocycles. The van der Waals surface area contributed by atoms with Crippen molar-refractivity contribution in [2.24, 2.45) is 4.99 Å². The van der Waals surface area contributed by atoms with Gasteiger partial charge in [0, 0.05) is 28.0 Å². The number of rotatable bonds is 3. The highest BCUT2D eigenvalue weighted by Crippen LogP contribution is 2.48. The van der Waals surface area contributed by atoms with Crippen LogP contribution in [0, 0.1) is 6.92 Å². The van der Waals surface area contributed by atoms with Crippen LogP contribution in [0.25, 0.3) is 11.3 Å². The number of benzene rings is 1. The molecule has 28 heavy (non-hydrogen) atoms. The Balaban J connectivity index is 1.54. The molecule has 1 fully saturated rings. The van der Waals surface area contributed by atoms with Gasteiger partial charge < -0.3 is 9.32 Å². The summed E-state index contributed by atoms with van der Waals surface area (Å²) >= 11 is 5.51. The van der Waals surface area contributed by atoms with Gasteiger partial charge >= 0.3 is 0 Å². The van der Waals surface area contributed by atoms with E-state index in [2.05, 4.69) is 76.1 Å². The number of halogens is 1. The lowest BCUT2D eigenvalue weighted by Crippen LogP contribution is -2.28. The molecule has 142 valence electrons. The van der Waals surface area contributed by atoms with Crippen molar-refractivity contribution in [3.63, 3.8) is 0 Å². The second-order valence-corrected chi connectivity index (χ2v) is 9.58. The molecule has 3 aromatic rings. The second-order valence-electron chi connectivity index (χ2n) is 7.32. The Kier molecular flexibility index (Phi) is 4.56. The van der Waals surface area contributed by atoms with Crippen LogP contribution in [0.2, 0.25) is 0 Å². The van der Waals surface area contributed by atoms with Gasteiger partial charge in [0.15, 0.2) is 5.17 Å². The van der Waals surface area contributed by atoms with Gasteiger partial charge in [-0.15, -0.1) is 0 Å². The van der Waals surface area contributed by atoms with Gasteiger partial charge in [-0.2, -0.15) is 0 Å². The molecule has 3 atom stereocenters. The van der Waals surface area contributed by atoms with Crippen molar-refractivity contribution in [2.75, 3.05) is 6.54 Å². The molecule has 5 rings (SSSR count). The Bertz CT molecular complexity index is 1050. The Labute approximate surface area is 177 Å². The average molecular weight is 454 g/mol. The summed E-state index contributed by atoms with van der Waals surface area (Å²) in [6, 6.07) is 16.5. The number of nitrogens with zero attached hydrogens (tertiary/aromatic N) is 3. The van der Waals surface area contributed by atoms with Gasteiger partial charge in [0.1, 0.15) is 23.6 Å². The zero-order valence-electron chi connectivity index (χ0n) is 15.7. The number of fused-ring (bicyclic) bond motifs is 1. The maximum Gasteiger partial charge on any atom is 0.161 e. The Morgan fingerprint density at radius 2 is 2.07 bits per heavy atom. The van der Waals surface area contributed by atoms with Gasteiger partial charge in [-0.25, -0.2) is 4.99 Å². The summed E-state index contributed by atoms with van der Waals surface area (Å²) in [6.07, 6.45) is 1.84. The van der Waals surface area contributed by atoms with E-state index in [0.717, 1.165) is 39.0 Å². The molecule has 0 N–H and O–H groups in total. The van der Waals surface area contributed by atoms with E-state index >= 15 is 0 Å². The smallest absolute Gasteiger partial charge is 0.161 e. The molecular weight excluding hydrogens is 434 g/mol. The van der Waals surface area contributed by atoms with E-state index in [1.165, 1.54) is 5.56 Å². The first kappa shape index (κ1) is 18.0. The molecule has 0 amide bonds. The summed E-state index contributed by atoms with van der Waals surface area (Å²) in [6.45, 7) is 5.31. The van der Waals surface area contributed by atoms with Crippen molar-refractivity contribution in [1.82, 2.24) is 9.88 Å². The molecule has 2 aliphatic rings. The topological polar surface area (TPSA) is 41.6 Å². The largest absolute Gasteiger partial charge is 0.459 e. The molecule has 2 aliphatic heterocycles. The van der Waals surface area contributed by atoms with Crippen LogP contribution in [-0.2, 0) is 0 Å². The molecule has 3 unspecified atom stereocenters. The van der Waals surface area contributed by atoms with E-state index in [0.29, 0.717) is 5.25 Å². The number of thioether (sulfide) groups is 1. The number of aryl methyl sites for hydroxylation is 1. The summed E-state index contributed by atoms with van der Waals surface area (Å²) < 4.78 is 7.43.